The largest absolute Gasteiger partial charge is 0.208 e. The summed E-state index contributed by atoms with van der Waals surface area (Å²) in [5.74, 6) is 2.02. The number of fused-ring (bicyclic) bond motifs is 8. The van der Waals surface area contributed by atoms with Gasteiger partial charge >= 0.3 is 0 Å². The van der Waals surface area contributed by atoms with Gasteiger partial charge in [-0.15, -0.1) is 0 Å². The lowest BCUT2D eigenvalue weighted by atomic mass is 9.82. The number of hydrogen-bond donors (Lipinski definition) is 0. The first-order valence-corrected chi connectivity index (χ1v) is 15.5. The van der Waals surface area contributed by atoms with E-state index in [9.17, 15) is 0 Å². The highest BCUT2D eigenvalue weighted by Gasteiger charge is 2.37. The van der Waals surface area contributed by atoms with Crippen molar-refractivity contribution in [3.8, 4) is 45.3 Å². The molecule has 0 N–H and O–H groups in total. The van der Waals surface area contributed by atoms with Gasteiger partial charge in [0, 0.05) is 22.1 Å². The van der Waals surface area contributed by atoms with Crippen LogP contribution in [0.4, 0.5) is 0 Å². The second-order valence-corrected chi connectivity index (χ2v) is 12.5. The lowest BCUT2D eigenvalue weighted by Gasteiger charge is -2.21. The van der Waals surface area contributed by atoms with E-state index in [0.717, 1.165) is 16.7 Å². The van der Waals surface area contributed by atoms with Crippen LogP contribution in [0.1, 0.15) is 25.0 Å². The van der Waals surface area contributed by atoms with E-state index in [0.29, 0.717) is 17.5 Å². The van der Waals surface area contributed by atoms with Gasteiger partial charge < -0.3 is 0 Å². The smallest absolute Gasteiger partial charge is 0.164 e. The molecule has 3 nitrogen and oxygen atoms in total. The summed E-state index contributed by atoms with van der Waals surface area (Å²) in [5.41, 5.74) is 7.96. The molecule has 0 spiro atoms. The van der Waals surface area contributed by atoms with Gasteiger partial charge in [0.15, 0.2) is 17.5 Å². The molecule has 1 aliphatic carbocycles. The Morgan fingerprint density at radius 2 is 1.00 bits per heavy atom. The summed E-state index contributed by atoms with van der Waals surface area (Å²) in [7, 11) is 0. The number of benzene rings is 7. The third-order valence-corrected chi connectivity index (χ3v) is 9.52. The molecule has 0 unspecified atom stereocenters. The van der Waals surface area contributed by atoms with Crippen LogP contribution in [0.15, 0.2) is 140 Å². The van der Waals surface area contributed by atoms with Gasteiger partial charge in [0.1, 0.15) is 0 Å². The molecule has 0 fully saturated rings. The number of hydrogen-bond acceptors (Lipinski definition) is 3. The zero-order valence-corrected chi connectivity index (χ0v) is 25.1. The van der Waals surface area contributed by atoms with Crippen LogP contribution >= 0.6 is 0 Å². The Morgan fingerprint density at radius 3 is 1.84 bits per heavy atom. The molecule has 3 heteroatoms. The van der Waals surface area contributed by atoms with Gasteiger partial charge in [0.2, 0.25) is 0 Å². The van der Waals surface area contributed by atoms with Gasteiger partial charge in [-0.2, -0.15) is 0 Å². The Morgan fingerprint density at radius 1 is 0.400 bits per heavy atom. The molecule has 0 atom stereocenters. The predicted octanol–water partition coefficient (Wildman–Crippen LogP) is 10.6. The van der Waals surface area contributed by atoms with Gasteiger partial charge in [-0.05, 0) is 60.6 Å². The van der Waals surface area contributed by atoms with Gasteiger partial charge in [-0.1, -0.05) is 147 Å². The second-order valence-electron chi connectivity index (χ2n) is 12.5. The van der Waals surface area contributed by atoms with Crippen molar-refractivity contribution in [1.82, 2.24) is 15.0 Å². The fourth-order valence-electron chi connectivity index (χ4n) is 7.24. The number of rotatable bonds is 3. The molecule has 0 saturated carbocycles. The van der Waals surface area contributed by atoms with Crippen LogP contribution in [-0.2, 0) is 5.41 Å². The third kappa shape index (κ3) is 3.94. The van der Waals surface area contributed by atoms with Crippen LogP contribution < -0.4 is 0 Å². The molecule has 212 valence electrons. The average molecular weight is 576 g/mol. The number of aromatic nitrogens is 3. The van der Waals surface area contributed by atoms with Crippen molar-refractivity contribution in [1.29, 1.82) is 0 Å². The van der Waals surface area contributed by atoms with E-state index < -0.39 is 0 Å². The fraction of sp³-hybridized carbons (Fsp3) is 0.0714. The van der Waals surface area contributed by atoms with Gasteiger partial charge in [0.05, 0.1) is 0 Å². The average Bonchev–Trinajstić information content (AvgIpc) is 3.34. The van der Waals surface area contributed by atoms with Crippen LogP contribution in [-0.4, -0.2) is 15.0 Å². The molecule has 1 aromatic heterocycles. The van der Waals surface area contributed by atoms with E-state index in [2.05, 4.69) is 135 Å². The summed E-state index contributed by atoms with van der Waals surface area (Å²) in [6.07, 6.45) is 0. The lowest BCUT2D eigenvalue weighted by molar-refractivity contribution is 0.660. The normalized spacial score (nSPS) is 13.3. The summed E-state index contributed by atoms with van der Waals surface area (Å²) >= 11 is 0. The first-order chi connectivity index (χ1) is 22.1. The summed E-state index contributed by atoms with van der Waals surface area (Å²) in [5, 5.41) is 7.37. The highest BCUT2D eigenvalue weighted by atomic mass is 15.0. The monoisotopic (exact) mass is 575 g/mol. The maximum atomic E-state index is 5.21. The Bertz CT molecular complexity index is 2460. The maximum Gasteiger partial charge on any atom is 0.164 e. The van der Waals surface area contributed by atoms with Gasteiger partial charge in [-0.3, -0.25) is 0 Å². The second kappa shape index (κ2) is 9.67. The molecular weight excluding hydrogens is 546 g/mol. The minimum absolute atomic E-state index is 0.108. The van der Waals surface area contributed by atoms with E-state index >= 15 is 0 Å². The topological polar surface area (TPSA) is 38.7 Å². The summed E-state index contributed by atoms with van der Waals surface area (Å²) in [6.45, 7) is 4.61. The van der Waals surface area contributed by atoms with Crippen molar-refractivity contribution < 1.29 is 0 Å². The Hall–Kier alpha value is -5.67. The molecular formula is C42H29N3. The van der Waals surface area contributed by atoms with Crippen LogP contribution in [0, 0.1) is 0 Å². The lowest BCUT2D eigenvalue weighted by Crippen LogP contribution is -2.14. The van der Waals surface area contributed by atoms with E-state index in [4.69, 9.17) is 15.0 Å². The van der Waals surface area contributed by atoms with Crippen molar-refractivity contribution in [2.75, 3.05) is 0 Å². The predicted molar refractivity (Wildman–Crippen MR) is 186 cm³/mol. The molecule has 0 amide bonds. The summed E-state index contributed by atoms with van der Waals surface area (Å²) in [6, 6.07) is 49.5. The van der Waals surface area contributed by atoms with Crippen LogP contribution in [0.2, 0.25) is 0 Å². The molecule has 9 rings (SSSR count). The van der Waals surface area contributed by atoms with Crippen LogP contribution in [0.25, 0.3) is 77.6 Å². The summed E-state index contributed by atoms with van der Waals surface area (Å²) in [4.78, 5) is 15.4. The molecule has 8 aromatic rings. The van der Waals surface area contributed by atoms with E-state index in [1.807, 2.05) is 18.2 Å². The molecule has 0 bridgehead atoms. The van der Waals surface area contributed by atoms with Crippen molar-refractivity contribution in [2.24, 2.45) is 0 Å². The third-order valence-electron chi connectivity index (χ3n) is 9.52. The maximum absolute atomic E-state index is 5.21. The zero-order valence-electron chi connectivity index (χ0n) is 25.1. The van der Waals surface area contributed by atoms with Crippen molar-refractivity contribution in [3.63, 3.8) is 0 Å². The van der Waals surface area contributed by atoms with Crippen molar-refractivity contribution in [2.45, 2.75) is 19.3 Å². The number of nitrogens with zero attached hydrogens (tertiary/aromatic N) is 3. The van der Waals surface area contributed by atoms with Gasteiger partial charge in [-0.25, -0.2) is 15.0 Å². The van der Waals surface area contributed by atoms with E-state index in [1.54, 1.807) is 0 Å². The quantitative estimate of drug-likeness (QED) is 0.197. The molecule has 1 heterocycles. The molecule has 0 saturated heterocycles. The molecule has 0 radical (unpaired) electrons. The standard InChI is InChI=1S/C42H29N3/c1-42(2)36-17-9-8-15-33(36)38-34(16-10-18-37(38)42)41-44-39(28-12-4-3-5-13-28)43-40(45-41)29-20-19-27-22-23-31-30-14-7-6-11-26(30)21-24-32(31)35(27)25-29/h3-25H,1-2H3. The van der Waals surface area contributed by atoms with E-state index in [-0.39, 0.29) is 5.41 Å². The van der Waals surface area contributed by atoms with Crippen LogP contribution in [0.5, 0.6) is 0 Å². The SMILES string of the molecule is CC1(C)c2ccccc2-c2c(-c3nc(-c4ccccc4)nc(-c4ccc5ccc6c7ccccc7ccc6c5c4)n3)cccc21. The highest BCUT2D eigenvalue weighted by Crippen LogP contribution is 2.51. The molecule has 7 aromatic carbocycles. The first-order valence-electron chi connectivity index (χ1n) is 15.5. The minimum Gasteiger partial charge on any atom is -0.208 e. The van der Waals surface area contributed by atoms with E-state index in [1.165, 1.54) is 54.6 Å². The first kappa shape index (κ1) is 25.8. The van der Waals surface area contributed by atoms with Crippen molar-refractivity contribution in [3.05, 3.63) is 151 Å². The van der Waals surface area contributed by atoms with Gasteiger partial charge in [0.25, 0.3) is 0 Å². The molecule has 0 aliphatic heterocycles. The Balaban J connectivity index is 1.29. The fourth-order valence-corrected chi connectivity index (χ4v) is 7.24. The highest BCUT2D eigenvalue weighted by molar-refractivity contribution is 6.17. The minimum atomic E-state index is -0.108. The summed E-state index contributed by atoms with van der Waals surface area (Å²) < 4.78 is 0. The van der Waals surface area contributed by atoms with Crippen LogP contribution in [0.3, 0.4) is 0 Å². The Labute approximate surface area is 261 Å². The van der Waals surface area contributed by atoms with Crippen molar-refractivity contribution >= 4 is 32.3 Å². The molecule has 45 heavy (non-hydrogen) atoms. The Kier molecular flexibility index (Phi) is 5.54. The molecule has 1 aliphatic rings. The zero-order chi connectivity index (χ0) is 30.1.